The molecule has 1 aliphatic heterocycles. The van der Waals surface area contributed by atoms with Gasteiger partial charge in [-0.25, -0.2) is 0 Å². The van der Waals surface area contributed by atoms with Gasteiger partial charge in [-0.15, -0.1) is 0 Å². The summed E-state index contributed by atoms with van der Waals surface area (Å²) in [6, 6.07) is 5.99. The zero-order chi connectivity index (χ0) is 14.6. The monoisotopic (exact) mass is 279 g/mol. The summed E-state index contributed by atoms with van der Waals surface area (Å²) in [6.07, 6.45) is 2.59. The normalized spacial score (nSPS) is 20.9. The fraction of sp³-hybridized carbons (Fsp3) is 0.625. The summed E-state index contributed by atoms with van der Waals surface area (Å²) in [4.78, 5) is 0. The summed E-state index contributed by atoms with van der Waals surface area (Å²) in [7, 11) is 3.30. The highest BCUT2D eigenvalue weighted by Crippen LogP contribution is 2.29. The Labute approximate surface area is 121 Å². The number of hydrogen-bond acceptors (Lipinski definition) is 4. The van der Waals surface area contributed by atoms with Gasteiger partial charge in [-0.2, -0.15) is 0 Å². The van der Waals surface area contributed by atoms with Gasteiger partial charge in [0.1, 0.15) is 0 Å². The van der Waals surface area contributed by atoms with Gasteiger partial charge in [0.2, 0.25) is 0 Å². The molecule has 0 radical (unpaired) electrons. The van der Waals surface area contributed by atoms with Crippen LogP contribution in [-0.2, 0) is 11.3 Å². The number of rotatable bonds is 6. The number of ether oxygens (including phenoxy) is 3. The van der Waals surface area contributed by atoms with E-state index < -0.39 is 0 Å². The second kappa shape index (κ2) is 6.46. The second-order valence-electron chi connectivity index (χ2n) is 5.86. The molecule has 1 atom stereocenters. The van der Waals surface area contributed by atoms with E-state index in [1.54, 1.807) is 14.2 Å². The Balaban J connectivity index is 1.82. The summed E-state index contributed by atoms with van der Waals surface area (Å²) >= 11 is 0. The van der Waals surface area contributed by atoms with Gasteiger partial charge in [0.15, 0.2) is 11.5 Å². The molecular weight excluding hydrogens is 254 g/mol. The lowest BCUT2D eigenvalue weighted by Crippen LogP contribution is -2.29. The van der Waals surface area contributed by atoms with Crippen LogP contribution in [0.15, 0.2) is 18.2 Å². The van der Waals surface area contributed by atoms with Gasteiger partial charge < -0.3 is 19.5 Å². The molecule has 1 aromatic rings. The first-order valence-electron chi connectivity index (χ1n) is 7.13. The van der Waals surface area contributed by atoms with Crippen LogP contribution in [0.4, 0.5) is 0 Å². The van der Waals surface area contributed by atoms with Gasteiger partial charge in [0.25, 0.3) is 0 Å². The summed E-state index contributed by atoms with van der Waals surface area (Å²) in [6.45, 7) is 6.00. The maximum absolute atomic E-state index is 5.96. The van der Waals surface area contributed by atoms with Crippen molar-refractivity contribution in [3.8, 4) is 11.5 Å². The van der Waals surface area contributed by atoms with Gasteiger partial charge in [0, 0.05) is 13.1 Å². The molecule has 1 unspecified atom stereocenters. The zero-order valence-corrected chi connectivity index (χ0v) is 12.9. The van der Waals surface area contributed by atoms with Gasteiger partial charge in [-0.1, -0.05) is 6.07 Å². The van der Waals surface area contributed by atoms with Crippen LogP contribution in [0.25, 0.3) is 0 Å². The minimum Gasteiger partial charge on any atom is -0.493 e. The Hall–Kier alpha value is -1.26. The Morgan fingerprint density at radius 3 is 2.60 bits per heavy atom. The van der Waals surface area contributed by atoms with Crippen LogP contribution in [0.1, 0.15) is 32.3 Å². The van der Waals surface area contributed by atoms with Crippen molar-refractivity contribution < 1.29 is 14.2 Å². The number of nitrogens with one attached hydrogen (secondary N) is 1. The molecule has 0 spiro atoms. The van der Waals surface area contributed by atoms with Crippen LogP contribution in [0.2, 0.25) is 0 Å². The maximum Gasteiger partial charge on any atom is 0.161 e. The van der Waals surface area contributed by atoms with Crippen molar-refractivity contribution in [2.75, 3.05) is 20.8 Å². The van der Waals surface area contributed by atoms with Crippen molar-refractivity contribution in [3.05, 3.63) is 23.8 Å². The highest BCUT2D eigenvalue weighted by atomic mass is 16.5. The number of benzene rings is 1. The van der Waals surface area contributed by atoms with Crippen LogP contribution < -0.4 is 14.8 Å². The van der Waals surface area contributed by atoms with E-state index in [0.29, 0.717) is 6.10 Å². The molecule has 0 saturated carbocycles. The summed E-state index contributed by atoms with van der Waals surface area (Å²) in [5.41, 5.74) is 1.22. The molecule has 4 heteroatoms. The predicted molar refractivity (Wildman–Crippen MR) is 79.4 cm³/mol. The molecule has 112 valence electrons. The van der Waals surface area contributed by atoms with Gasteiger partial charge in [0.05, 0.1) is 25.9 Å². The first kappa shape index (κ1) is 15.1. The first-order chi connectivity index (χ1) is 9.54. The molecule has 1 aliphatic rings. The van der Waals surface area contributed by atoms with Crippen molar-refractivity contribution in [3.63, 3.8) is 0 Å². The molecule has 1 fully saturated rings. The summed E-state index contributed by atoms with van der Waals surface area (Å²) in [5, 5.41) is 3.45. The minimum absolute atomic E-state index is 0.0374. The average Bonchev–Trinajstić information content (AvgIpc) is 2.78. The largest absolute Gasteiger partial charge is 0.493 e. The molecule has 1 saturated heterocycles. The molecular formula is C16H25NO3. The molecule has 0 amide bonds. The highest BCUT2D eigenvalue weighted by Gasteiger charge is 2.31. The third-order valence-corrected chi connectivity index (χ3v) is 3.70. The number of methoxy groups -OCH3 is 2. The third-order valence-electron chi connectivity index (χ3n) is 3.70. The van der Waals surface area contributed by atoms with Gasteiger partial charge in [-0.05, 0) is 44.4 Å². The Morgan fingerprint density at radius 2 is 2.00 bits per heavy atom. The summed E-state index contributed by atoms with van der Waals surface area (Å²) < 4.78 is 16.5. The smallest absolute Gasteiger partial charge is 0.161 e. The lowest BCUT2D eigenvalue weighted by atomic mass is 10.1. The molecule has 1 N–H and O–H groups in total. The molecule has 0 bridgehead atoms. The Kier molecular flexibility index (Phi) is 4.89. The molecule has 1 heterocycles. The van der Waals surface area contributed by atoms with E-state index in [1.807, 2.05) is 18.2 Å². The van der Waals surface area contributed by atoms with Crippen molar-refractivity contribution in [2.24, 2.45) is 0 Å². The molecule has 4 nitrogen and oxygen atoms in total. The van der Waals surface area contributed by atoms with E-state index in [-0.39, 0.29) is 5.60 Å². The van der Waals surface area contributed by atoms with E-state index in [2.05, 4.69) is 19.2 Å². The van der Waals surface area contributed by atoms with E-state index in [0.717, 1.165) is 37.4 Å². The zero-order valence-electron chi connectivity index (χ0n) is 12.9. The fourth-order valence-electron chi connectivity index (χ4n) is 2.59. The van der Waals surface area contributed by atoms with Crippen molar-refractivity contribution in [1.82, 2.24) is 5.32 Å². The van der Waals surface area contributed by atoms with Crippen LogP contribution >= 0.6 is 0 Å². The van der Waals surface area contributed by atoms with Crippen LogP contribution in [0.5, 0.6) is 11.5 Å². The van der Waals surface area contributed by atoms with E-state index in [9.17, 15) is 0 Å². The standard InChI is InChI=1S/C16H25NO3/c1-16(2)8-7-13(20-16)11-17-10-12-5-6-14(18-3)15(9-12)19-4/h5-6,9,13,17H,7-8,10-11H2,1-4H3. The van der Waals surface area contributed by atoms with Gasteiger partial charge in [-0.3, -0.25) is 0 Å². The fourth-order valence-corrected chi connectivity index (χ4v) is 2.59. The van der Waals surface area contributed by atoms with Crippen molar-refractivity contribution in [1.29, 1.82) is 0 Å². The quantitative estimate of drug-likeness (QED) is 0.869. The number of hydrogen-bond donors (Lipinski definition) is 1. The van der Waals surface area contributed by atoms with Crippen LogP contribution in [0.3, 0.4) is 0 Å². The van der Waals surface area contributed by atoms with E-state index >= 15 is 0 Å². The van der Waals surface area contributed by atoms with Crippen LogP contribution in [0, 0.1) is 0 Å². The topological polar surface area (TPSA) is 39.7 Å². The molecule has 20 heavy (non-hydrogen) atoms. The first-order valence-corrected chi connectivity index (χ1v) is 7.13. The molecule has 1 aromatic carbocycles. The van der Waals surface area contributed by atoms with Crippen LogP contribution in [-0.4, -0.2) is 32.5 Å². The molecule has 2 rings (SSSR count). The molecule has 0 aromatic heterocycles. The highest BCUT2D eigenvalue weighted by molar-refractivity contribution is 5.42. The Morgan fingerprint density at radius 1 is 1.25 bits per heavy atom. The van der Waals surface area contributed by atoms with E-state index in [4.69, 9.17) is 14.2 Å². The van der Waals surface area contributed by atoms with Crippen molar-refractivity contribution in [2.45, 2.75) is 44.9 Å². The lowest BCUT2D eigenvalue weighted by molar-refractivity contribution is -0.0142. The SMILES string of the molecule is COc1ccc(CNCC2CCC(C)(C)O2)cc1OC. The minimum atomic E-state index is 0.0374. The molecule has 0 aliphatic carbocycles. The maximum atomic E-state index is 5.96. The second-order valence-corrected chi connectivity index (χ2v) is 5.86. The van der Waals surface area contributed by atoms with Crippen molar-refractivity contribution >= 4 is 0 Å². The Bertz CT molecular complexity index is 445. The summed E-state index contributed by atoms with van der Waals surface area (Å²) in [5.74, 6) is 1.53. The lowest BCUT2D eigenvalue weighted by Gasteiger charge is -2.19. The predicted octanol–water partition coefficient (Wildman–Crippen LogP) is 2.75. The van der Waals surface area contributed by atoms with E-state index in [1.165, 1.54) is 5.56 Å². The average molecular weight is 279 g/mol. The van der Waals surface area contributed by atoms with Gasteiger partial charge >= 0.3 is 0 Å². The third kappa shape index (κ3) is 3.87.